The standard InChI is InChI=1S/C47H72O8/c1-5-9-13-17-21-28-44(48)52-40-34-32-38(42(36-40)54-46(50)30-23-19-15-11-7-3)26-25-27-39-33-35-41(53-45(49)29-22-18-14-10-6-2)37-43(39)55-47(51)31-24-20-16-12-8-4/h32-37H,5-31H2,1-4H3. The van der Waals surface area contributed by atoms with Gasteiger partial charge in [-0.25, -0.2) is 0 Å². The normalized spacial score (nSPS) is 11.0. The Morgan fingerprint density at radius 1 is 0.364 bits per heavy atom. The van der Waals surface area contributed by atoms with Gasteiger partial charge < -0.3 is 18.9 Å². The van der Waals surface area contributed by atoms with Crippen molar-refractivity contribution in [2.24, 2.45) is 0 Å². The Labute approximate surface area is 332 Å². The van der Waals surface area contributed by atoms with Gasteiger partial charge in [-0.2, -0.15) is 0 Å². The van der Waals surface area contributed by atoms with Crippen molar-refractivity contribution in [3.05, 3.63) is 47.5 Å². The van der Waals surface area contributed by atoms with Crippen LogP contribution in [0.15, 0.2) is 36.4 Å². The number of esters is 4. The van der Waals surface area contributed by atoms with Crippen molar-refractivity contribution in [3.8, 4) is 23.0 Å². The summed E-state index contributed by atoms with van der Waals surface area (Å²) in [6.07, 6.45) is 23.8. The summed E-state index contributed by atoms with van der Waals surface area (Å²) >= 11 is 0. The zero-order valence-electron chi connectivity index (χ0n) is 34.8. The van der Waals surface area contributed by atoms with Gasteiger partial charge in [-0.3, -0.25) is 19.2 Å². The summed E-state index contributed by atoms with van der Waals surface area (Å²) in [5.74, 6) is 0.352. The second-order valence-corrected chi connectivity index (χ2v) is 14.9. The third-order valence-electron chi connectivity index (χ3n) is 9.82. The molecule has 0 aromatic heterocycles. The molecule has 0 unspecified atom stereocenters. The lowest BCUT2D eigenvalue weighted by molar-refractivity contribution is -0.136. The number of aryl methyl sites for hydroxylation is 2. The van der Waals surface area contributed by atoms with E-state index in [9.17, 15) is 19.2 Å². The Morgan fingerprint density at radius 3 is 0.964 bits per heavy atom. The number of carbonyl (C=O) groups is 4. The van der Waals surface area contributed by atoms with Crippen molar-refractivity contribution in [1.82, 2.24) is 0 Å². The van der Waals surface area contributed by atoms with Crippen LogP contribution >= 0.6 is 0 Å². The summed E-state index contributed by atoms with van der Waals surface area (Å²) in [4.78, 5) is 51.0. The molecule has 55 heavy (non-hydrogen) atoms. The molecule has 0 aliphatic heterocycles. The minimum atomic E-state index is -0.299. The van der Waals surface area contributed by atoms with Crippen molar-refractivity contribution in [2.75, 3.05) is 0 Å². The first-order chi connectivity index (χ1) is 26.8. The molecular weight excluding hydrogens is 693 g/mol. The second kappa shape index (κ2) is 30.5. The summed E-state index contributed by atoms with van der Waals surface area (Å²) in [5, 5.41) is 0. The van der Waals surface area contributed by atoms with Gasteiger partial charge in [-0.1, -0.05) is 143 Å². The van der Waals surface area contributed by atoms with Gasteiger partial charge >= 0.3 is 23.9 Å². The van der Waals surface area contributed by atoms with E-state index < -0.39 is 0 Å². The molecule has 0 heterocycles. The maximum Gasteiger partial charge on any atom is 0.311 e. The monoisotopic (exact) mass is 765 g/mol. The third-order valence-corrected chi connectivity index (χ3v) is 9.82. The van der Waals surface area contributed by atoms with Crippen LogP contribution in [-0.4, -0.2) is 23.9 Å². The molecule has 2 rings (SSSR count). The molecule has 0 atom stereocenters. The van der Waals surface area contributed by atoms with Gasteiger partial charge in [0.05, 0.1) is 0 Å². The highest BCUT2D eigenvalue weighted by atomic mass is 16.6. The zero-order valence-corrected chi connectivity index (χ0v) is 34.8. The largest absolute Gasteiger partial charge is 0.426 e. The van der Waals surface area contributed by atoms with Gasteiger partial charge in [0.15, 0.2) is 0 Å². The van der Waals surface area contributed by atoms with Crippen LogP contribution in [0.5, 0.6) is 23.0 Å². The summed E-state index contributed by atoms with van der Waals surface area (Å²) in [6, 6.07) is 10.5. The minimum Gasteiger partial charge on any atom is -0.426 e. The van der Waals surface area contributed by atoms with Crippen LogP contribution in [-0.2, 0) is 32.0 Å². The van der Waals surface area contributed by atoms with Crippen LogP contribution in [0.3, 0.4) is 0 Å². The predicted octanol–water partition coefficient (Wildman–Crippen LogP) is 12.9. The van der Waals surface area contributed by atoms with Crippen molar-refractivity contribution in [1.29, 1.82) is 0 Å². The molecule has 2 aromatic rings. The lowest BCUT2D eigenvalue weighted by atomic mass is 10.0. The highest BCUT2D eigenvalue weighted by Gasteiger charge is 2.16. The molecular formula is C47H72O8. The van der Waals surface area contributed by atoms with Crippen molar-refractivity contribution in [3.63, 3.8) is 0 Å². The van der Waals surface area contributed by atoms with E-state index in [0.717, 1.165) is 140 Å². The van der Waals surface area contributed by atoms with E-state index in [0.29, 0.717) is 67.9 Å². The molecule has 0 amide bonds. The number of hydrogen-bond donors (Lipinski definition) is 0. The third kappa shape index (κ3) is 22.5. The first-order valence-corrected chi connectivity index (χ1v) is 21.9. The van der Waals surface area contributed by atoms with E-state index in [-0.39, 0.29) is 23.9 Å². The Kier molecular flexibility index (Phi) is 26.3. The Hall–Kier alpha value is -3.68. The average molecular weight is 765 g/mol. The Balaban J connectivity index is 2.16. The number of carbonyl (C=O) groups excluding carboxylic acids is 4. The minimum absolute atomic E-state index is 0.290. The molecule has 0 aliphatic rings. The Bertz CT molecular complexity index is 1280. The molecule has 0 N–H and O–H groups in total. The molecule has 0 saturated heterocycles. The molecule has 2 aromatic carbocycles. The molecule has 8 nitrogen and oxygen atoms in total. The van der Waals surface area contributed by atoms with E-state index in [1.165, 1.54) is 0 Å². The van der Waals surface area contributed by atoms with Gasteiger partial charge in [-0.05, 0) is 68.2 Å². The van der Waals surface area contributed by atoms with Crippen LogP contribution in [0.25, 0.3) is 0 Å². The quantitative estimate of drug-likeness (QED) is 0.0412. The predicted molar refractivity (Wildman–Crippen MR) is 221 cm³/mol. The molecule has 0 saturated carbocycles. The highest BCUT2D eigenvalue weighted by molar-refractivity contribution is 5.75. The molecule has 0 aliphatic carbocycles. The summed E-state index contributed by atoms with van der Waals surface area (Å²) in [6.45, 7) is 8.65. The number of ether oxygens (including phenoxy) is 4. The van der Waals surface area contributed by atoms with E-state index in [4.69, 9.17) is 18.9 Å². The fourth-order valence-electron chi connectivity index (χ4n) is 6.47. The van der Waals surface area contributed by atoms with Crippen LogP contribution in [0.4, 0.5) is 0 Å². The number of benzene rings is 2. The zero-order chi connectivity index (χ0) is 39.9. The van der Waals surface area contributed by atoms with E-state index >= 15 is 0 Å². The topological polar surface area (TPSA) is 105 Å². The number of hydrogen-bond acceptors (Lipinski definition) is 8. The molecule has 0 bridgehead atoms. The van der Waals surface area contributed by atoms with Gasteiger partial charge in [-0.15, -0.1) is 0 Å². The summed E-state index contributed by atoms with van der Waals surface area (Å²) < 4.78 is 23.1. The van der Waals surface area contributed by atoms with Crippen molar-refractivity contribution >= 4 is 23.9 Å². The smallest absolute Gasteiger partial charge is 0.311 e. The van der Waals surface area contributed by atoms with Crippen LogP contribution in [0.1, 0.15) is 199 Å². The van der Waals surface area contributed by atoms with Gasteiger partial charge in [0.1, 0.15) is 23.0 Å². The van der Waals surface area contributed by atoms with Gasteiger partial charge in [0, 0.05) is 37.8 Å². The first-order valence-electron chi connectivity index (χ1n) is 21.9. The fraction of sp³-hybridized carbons (Fsp3) is 0.660. The average Bonchev–Trinajstić information content (AvgIpc) is 3.16. The van der Waals surface area contributed by atoms with E-state index in [1.54, 1.807) is 24.3 Å². The molecule has 308 valence electrons. The highest BCUT2D eigenvalue weighted by Crippen LogP contribution is 2.31. The van der Waals surface area contributed by atoms with Gasteiger partial charge in [0.25, 0.3) is 0 Å². The lowest BCUT2D eigenvalue weighted by Crippen LogP contribution is -2.12. The maximum atomic E-state index is 12.9. The second-order valence-electron chi connectivity index (χ2n) is 14.9. The fourth-order valence-corrected chi connectivity index (χ4v) is 6.47. The van der Waals surface area contributed by atoms with Gasteiger partial charge in [0.2, 0.25) is 0 Å². The number of unbranched alkanes of at least 4 members (excludes halogenated alkanes) is 16. The SMILES string of the molecule is CCCCCCCC(=O)Oc1ccc(CCCc2ccc(OC(=O)CCCCCCC)cc2OC(=O)CCCCCCC)c(OC(=O)CCCCCCC)c1. The summed E-state index contributed by atoms with van der Waals surface area (Å²) in [7, 11) is 0. The van der Waals surface area contributed by atoms with E-state index in [2.05, 4.69) is 27.7 Å². The lowest BCUT2D eigenvalue weighted by Gasteiger charge is -2.14. The summed E-state index contributed by atoms with van der Waals surface area (Å²) in [5.41, 5.74) is 1.66. The number of rotatable bonds is 32. The molecule has 8 heteroatoms. The molecule has 0 spiro atoms. The molecule has 0 radical (unpaired) electrons. The van der Waals surface area contributed by atoms with Crippen molar-refractivity contribution < 1.29 is 38.1 Å². The first kappa shape index (κ1) is 47.5. The van der Waals surface area contributed by atoms with Crippen molar-refractivity contribution in [2.45, 2.75) is 201 Å². The van der Waals surface area contributed by atoms with Crippen LogP contribution < -0.4 is 18.9 Å². The van der Waals surface area contributed by atoms with Crippen LogP contribution in [0, 0.1) is 0 Å². The Morgan fingerprint density at radius 2 is 0.655 bits per heavy atom. The van der Waals surface area contributed by atoms with Crippen LogP contribution in [0.2, 0.25) is 0 Å². The molecule has 0 fully saturated rings. The van der Waals surface area contributed by atoms with E-state index in [1.807, 2.05) is 12.1 Å². The maximum absolute atomic E-state index is 12.9.